The fourth-order valence-electron chi connectivity index (χ4n) is 1.58. The largest absolute Gasteiger partial charge is 0.465 e. The second-order valence-corrected chi connectivity index (χ2v) is 5.11. The third kappa shape index (κ3) is 4.35. The zero-order chi connectivity index (χ0) is 15.1. The highest BCUT2D eigenvalue weighted by atomic mass is 79.9. The molecule has 0 aliphatic carbocycles. The van der Waals surface area contributed by atoms with Crippen molar-refractivity contribution in [2.45, 2.75) is 6.92 Å². The number of benzene rings is 1. The Morgan fingerprint density at radius 2 is 2.20 bits per heavy atom. The average molecular weight is 361 g/mol. The normalized spacial score (nSPS) is 9.95. The summed E-state index contributed by atoms with van der Waals surface area (Å²) in [4.78, 5) is 25.3. The lowest BCUT2D eigenvalue weighted by Crippen LogP contribution is -2.36. The molecule has 1 aromatic rings. The molecule has 108 valence electrons. The molecular formula is C14H15BrClNO3. The molecule has 0 unspecified atom stereocenters. The summed E-state index contributed by atoms with van der Waals surface area (Å²) in [6.45, 7) is 5.66. The minimum atomic E-state index is -0.464. The molecule has 20 heavy (non-hydrogen) atoms. The minimum absolute atomic E-state index is 0.137. The third-order valence-electron chi connectivity index (χ3n) is 2.44. The van der Waals surface area contributed by atoms with Crippen LogP contribution < -0.4 is 0 Å². The van der Waals surface area contributed by atoms with E-state index < -0.39 is 5.97 Å². The fraction of sp³-hybridized carbons (Fsp3) is 0.286. The predicted octanol–water partition coefficient (Wildman–Crippen LogP) is 3.29. The smallest absolute Gasteiger partial charge is 0.325 e. The maximum atomic E-state index is 12.4. The molecule has 0 spiro atoms. The summed E-state index contributed by atoms with van der Waals surface area (Å²) in [5, 5.41) is 0.315. The monoisotopic (exact) mass is 359 g/mol. The average Bonchev–Trinajstić information content (AvgIpc) is 2.41. The molecule has 0 heterocycles. The number of hydrogen-bond acceptors (Lipinski definition) is 3. The molecule has 1 amide bonds. The third-order valence-corrected chi connectivity index (χ3v) is 3.74. The van der Waals surface area contributed by atoms with Crippen LogP contribution in [0, 0.1) is 0 Å². The summed E-state index contributed by atoms with van der Waals surface area (Å²) in [7, 11) is 0. The summed E-state index contributed by atoms with van der Waals surface area (Å²) in [6, 6.07) is 5.05. The molecule has 0 aliphatic heterocycles. The molecule has 0 atom stereocenters. The van der Waals surface area contributed by atoms with Gasteiger partial charge in [-0.2, -0.15) is 0 Å². The van der Waals surface area contributed by atoms with Gasteiger partial charge < -0.3 is 9.64 Å². The van der Waals surface area contributed by atoms with Crippen molar-refractivity contribution < 1.29 is 14.3 Å². The van der Waals surface area contributed by atoms with Gasteiger partial charge in [0.05, 0.1) is 17.2 Å². The molecule has 0 aliphatic rings. The van der Waals surface area contributed by atoms with Crippen molar-refractivity contribution in [2.75, 3.05) is 19.7 Å². The highest BCUT2D eigenvalue weighted by molar-refractivity contribution is 9.10. The molecule has 0 fully saturated rings. The second kappa shape index (κ2) is 8.07. The Morgan fingerprint density at radius 3 is 2.80 bits per heavy atom. The van der Waals surface area contributed by atoms with Gasteiger partial charge in [-0.15, -0.1) is 6.58 Å². The van der Waals surface area contributed by atoms with E-state index in [1.165, 1.54) is 4.90 Å². The molecule has 0 bridgehead atoms. The number of carbonyl (C=O) groups excluding carboxylic acids is 2. The van der Waals surface area contributed by atoms with Crippen molar-refractivity contribution in [1.82, 2.24) is 4.90 Å². The zero-order valence-electron chi connectivity index (χ0n) is 11.1. The van der Waals surface area contributed by atoms with Gasteiger partial charge >= 0.3 is 5.97 Å². The zero-order valence-corrected chi connectivity index (χ0v) is 13.4. The second-order valence-electron chi connectivity index (χ2n) is 3.88. The van der Waals surface area contributed by atoms with Crippen LogP contribution in [-0.4, -0.2) is 36.5 Å². The first kappa shape index (κ1) is 16.7. The highest BCUT2D eigenvalue weighted by Crippen LogP contribution is 2.26. The first-order valence-electron chi connectivity index (χ1n) is 6.01. The molecule has 0 saturated heterocycles. The molecule has 0 radical (unpaired) electrons. The van der Waals surface area contributed by atoms with Crippen LogP contribution in [0.4, 0.5) is 0 Å². The summed E-state index contributed by atoms with van der Waals surface area (Å²) in [6.07, 6.45) is 1.54. The number of carbonyl (C=O) groups is 2. The van der Waals surface area contributed by atoms with E-state index in [-0.39, 0.29) is 25.6 Å². The number of nitrogens with zero attached hydrogens (tertiary/aromatic N) is 1. The van der Waals surface area contributed by atoms with Crippen molar-refractivity contribution in [3.63, 3.8) is 0 Å². The standard InChI is InChI=1S/C14H15BrClNO3/c1-3-8-17(9-12(18)20-4-2)14(19)10-6-5-7-11(15)13(10)16/h3,5-7H,1,4,8-9H2,2H3. The van der Waals surface area contributed by atoms with E-state index in [9.17, 15) is 9.59 Å². The summed E-state index contributed by atoms with van der Waals surface area (Å²) >= 11 is 9.36. The Labute approximate surface area is 131 Å². The Kier molecular flexibility index (Phi) is 6.75. The minimum Gasteiger partial charge on any atom is -0.465 e. The topological polar surface area (TPSA) is 46.6 Å². The van der Waals surface area contributed by atoms with Crippen molar-refractivity contribution >= 4 is 39.4 Å². The SMILES string of the molecule is C=CCN(CC(=O)OCC)C(=O)c1cccc(Br)c1Cl. The van der Waals surface area contributed by atoms with E-state index in [0.717, 1.165) is 0 Å². The van der Waals surface area contributed by atoms with Crippen LogP contribution in [0.3, 0.4) is 0 Å². The first-order valence-corrected chi connectivity index (χ1v) is 7.18. The van der Waals surface area contributed by atoms with E-state index in [1.807, 2.05) is 0 Å². The van der Waals surface area contributed by atoms with Crippen LogP contribution in [0.15, 0.2) is 35.3 Å². The number of amides is 1. The van der Waals surface area contributed by atoms with Gasteiger partial charge in [0.25, 0.3) is 5.91 Å². The van der Waals surface area contributed by atoms with Gasteiger partial charge in [-0.05, 0) is 35.0 Å². The number of ether oxygens (including phenoxy) is 1. The molecular weight excluding hydrogens is 346 g/mol. The van der Waals surface area contributed by atoms with Crippen molar-refractivity contribution in [3.8, 4) is 0 Å². The Bertz CT molecular complexity index is 519. The molecule has 1 rings (SSSR count). The molecule has 4 nitrogen and oxygen atoms in total. The first-order chi connectivity index (χ1) is 9.51. The summed E-state index contributed by atoms with van der Waals surface area (Å²) in [5.41, 5.74) is 0.326. The number of rotatable bonds is 6. The lowest BCUT2D eigenvalue weighted by molar-refractivity contribution is -0.143. The van der Waals surface area contributed by atoms with Gasteiger partial charge in [0.15, 0.2) is 0 Å². The van der Waals surface area contributed by atoms with Gasteiger partial charge in [-0.25, -0.2) is 0 Å². The number of hydrogen-bond donors (Lipinski definition) is 0. The van der Waals surface area contributed by atoms with Crippen LogP contribution in [0.1, 0.15) is 17.3 Å². The van der Waals surface area contributed by atoms with E-state index in [1.54, 1.807) is 31.2 Å². The van der Waals surface area contributed by atoms with Crippen molar-refractivity contribution in [2.24, 2.45) is 0 Å². The van der Waals surface area contributed by atoms with Gasteiger partial charge in [0, 0.05) is 11.0 Å². The van der Waals surface area contributed by atoms with Crippen molar-refractivity contribution in [3.05, 3.63) is 45.9 Å². The molecule has 0 N–H and O–H groups in total. The molecule has 0 saturated carbocycles. The van der Waals surface area contributed by atoms with Crippen LogP contribution in [-0.2, 0) is 9.53 Å². The lowest BCUT2D eigenvalue weighted by Gasteiger charge is -2.20. The van der Waals surface area contributed by atoms with Gasteiger partial charge in [0.2, 0.25) is 0 Å². The van der Waals surface area contributed by atoms with E-state index in [0.29, 0.717) is 15.1 Å². The quantitative estimate of drug-likeness (QED) is 0.578. The number of esters is 1. The lowest BCUT2D eigenvalue weighted by atomic mass is 10.2. The molecule has 1 aromatic carbocycles. The van der Waals surface area contributed by atoms with Gasteiger partial charge in [0.1, 0.15) is 6.54 Å². The van der Waals surface area contributed by atoms with E-state index in [2.05, 4.69) is 22.5 Å². The molecule has 6 heteroatoms. The Hall–Kier alpha value is -1.33. The maximum absolute atomic E-state index is 12.4. The highest BCUT2D eigenvalue weighted by Gasteiger charge is 2.21. The van der Waals surface area contributed by atoms with Crippen molar-refractivity contribution in [1.29, 1.82) is 0 Å². The fourth-order valence-corrected chi connectivity index (χ4v) is 2.15. The van der Waals surface area contributed by atoms with Crippen LogP contribution in [0.5, 0.6) is 0 Å². The maximum Gasteiger partial charge on any atom is 0.325 e. The van der Waals surface area contributed by atoms with E-state index >= 15 is 0 Å². The van der Waals surface area contributed by atoms with Crippen LogP contribution >= 0.6 is 27.5 Å². The Balaban J connectivity index is 2.96. The summed E-state index contributed by atoms with van der Waals surface area (Å²) in [5.74, 6) is -0.807. The van der Waals surface area contributed by atoms with Gasteiger partial charge in [-0.3, -0.25) is 9.59 Å². The van der Waals surface area contributed by atoms with Gasteiger partial charge in [-0.1, -0.05) is 23.7 Å². The predicted molar refractivity (Wildman–Crippen MR) is 81.9 cm³/mol. The Morgan fingerprint density at radius 1 is 1.50 bits per heavy atom. The summed E-state index contributed by atoms with van der Waals surface area (Å²) < 4.78 is 5.47. The van der Waals surface area contributed by atoms with E-state index in [4.69, 9.17) is 16.3 Å². The van der Waals surface area contributed by atoms with Crippen LogP contribution in [0.25, 0.3) is 0 Å². The molecule has 0 aromatic heterocycles. The number of halogens is 2. The van der Waals surface area contributed by atoms with Crippen LogP contribution in [0.2, 0.25) is 5.02 Å².